The van der Waals surface area contributed by atoms with Crippen LogP contribution in [0.15, 0.2) is 126 Å². The van der Waals surface area contributed by atoms with Gasteiger partial charge in [0.25, 0.3) is 0 Å². The number of thiophene rings is 1. The molecule has 0 aliphatic rings. The molecule has 9 heteroatoms. The van der Waals surface area contributed by atoms with Gasteiger partial charge >= 0.3 is 6.18 Å². The number of rotatable bonds is 17. The summed E-state index contributed by atoms with van der Waals surface area (Å²) >= 11 is 9.56. The molecular formula is C84H138ClF4NOS2. The minimum Gasteiger partial charge on any atom is -0.385 e. The van der Waals surface area contributed by atoms with Gasteiger partial charge in [-0.25, -0.2) is 4.39 Å². The van der Waals surface area contributed by atoms with Crippen LogP contribution in [-0.2, 0) is 17.3 Å². The van der Waals surface area contributed by atoms with Crippen LogP contribution in [0.3, 0.4) is 0 Å². The largest absolute Gasteiger partial charge is 0.416 e. The first-order valence-corrected chi connectivity index (χ1v) is 37.1. The summed E-state index contributed by atoms with van der Waals surface area (Å²) in [6.45, 7) is 65.8. The van der Waals surface area contributed by atoms with Gasteiger partial charge in [-0.05, 0) is 200 Å². The SMILES string of the molecule is CC(C)C.CC(C)CC(C)C.CC(C)Cc1ccccc1.CC(C)Nc1cccc(F)c1C(C)C.CC(C)c1cc(C(F)(F)F)ccc1Cl.CCC(C)C.CCSc1ccccc1C(C)C.COCCC(C)C.Cc1cccc(C(C)C)c1.Cc1csc(C)c1C(C)C. The maximum absolute atomic E-state index is 13.5. The second-order valence-electron chi connectivity index (χ2n) is 28.6. The highest BCUT2D eigenvalue weighted by molar-refractivity contribution is 7.99. The van der Waals surface area contributed by atoms with Gasteiger partial charge < -0.3 is 10.1 Å². The van der Waals surface area contributed by atoms with E-state index in [0.29, 0.717) is 34.4 Å². The second kappa shape index (κ2) is 55.0. The van der Waals surface area contributed by atoms with E-state index in [9.17, 15) is 17.6 Å². The predicted molar refractivity (Wildman–Crippen MR) is 416 cm³/mol. The van der Waals surface area contributed by atoms with Crippen molar-refractivity contribution in [2.75, 3.05) is 24.8 Å². The van der Waals surface area contributed by atoms with E-state index in [1.54, 1.807) is 32.6 Å². The molecule has 0 spiro atoms. The predicted octanol–water partition coefficient (Wildman–Crippen LogP) is 29.7. The summed E-state index contributed by atoms with van der Waals surface area (Å²) in [4.78, 5) is 2.92. The summed E-state index contributed by atoms with van der Waals surface area (Å²) in [5, 5.41) is 5.88. The Hall–Kier alpha value is -4.08. The number of nitrogens with one attached hydrogen (secondary N) is 1. The summed E-state index contributed by atoms with van der Waals surface area (Å²) in [6.07, 6.45) is 0.742. The number of hydrogen-bond donors (Lipinski definition) is 1. The van der Waals surface area contributed by atoms with E-state index in [1.165, 1.54) is 75.4 Å². The van der Waals surface area contributed by atoms with Crippen molar-refractivity contribution in [3.8, 4) is 0 Å². The van der Waals surface area contributed by atoms with Gasteiger partial charge in [0.05, 0.1) is 5.56 Å². The molecule has 0 saturated heterocycles. The molecule has 93 heavy (non-hydrogen) atoms. The summed E-state index contributed by atoms with van der Waals surface area (Å²) in [5.74, 6) is 8.22. The number of alkyl halides is 3. The number of anilines is 1. The fourth-order valence-electron chi connectivity index (χ4n) is 8.82. The third-order valence-corrected chi connectivity index (χ3v) is 15.9. The van der Waals surface area contributed by atoms with Crippen molar-refractivity contribution in [3.05, 3.63) is 186 Å². The lowest BCUT2D eigenvalue weighted by molar-refractivity contribution is -0.137. The Balaban J connectivity index is -0.000000482. The van der Waals surface area contributed by atoms with Crippen molar-refractivity contribution in [3.63, 3.8) is 0 Å². The Labute approximate surface area is 585 Å². The van der Waals surface area contributed by atoms with Gasteiger partial charge in [-0.15, -0.1) is 23.1 Å². The molecule has 6 aromatic rings. The number of benzene rings is 5. The van der Waals surface area contributed by atoms with Gasteiger partial charge in [0.1, 0.15) is 5.82 Å². The lowest BCUT2D eigenvalue weighted by Gasteiger charge is -2.17. The van der Waals surface area contributed by atoms with E-state index in [-0.39, 0.29) is 17.7 Å². The minimum absolute atomic E-state index is 0.00944. The number of methoxy groups -OCH3 is 1. The van der Waals surface area contributed by atoms with Crippen LogP contribution in [0, 0.1) is 62.1 Å². The van der Waals surface area contributed by atoms with Crippen molar-refractivity contribution in [1.82, 2.24) is 0 Å². The maximum Gasteiger partial charge on any atom is 0.416 e. The number of hydrogen-bond acceptors (Lipinski definition) is 4. The van der Waals surface area contributed by atoms with Crippen LogP contribution in [-0.4, -0.2) is 25.5 Å². The number of thioether (sulfide) groups is 1. The third-order valence-electron chi connectivity index (χ3n) is 13.5. The zero-order valence-corrected chi connectivity index (χ0v) is 67.2. The van der Waals surface area contributed by atoms with Gasteiger partial charge in [0, 0.05) is 45.8 Å². The van der Waals surface area contributed by atoms with Crippen LogP contribution in [0.25, 0.3) is 0 Å². The van der Waals surface area contributed by atoms with Gasteiger partial charge in [-0.3, -0.25) is 0 Å². The first-order chi connectivity index (χ1) is 43.1. The summed E-state index contributed by atoms with van der Waals surface area (Å²) in [5.41, 5.74) is 10.3. The van der Waals surface area contributed by atoms with Crippen molar-refractivity contribution in [1.29, 1.82) is 0 Å². The fourth-order valence-corrected chi connectivity index (χ4v) is 11.1. The van der Waals surface area contributed by atoms with E-state index < -0.39 is 11.7 Å². The molecule has 0 fully saturated rings. The molecule has 1 heterocycles. The monoisotopic (exact) mass is 1350 g/mol. The van der Waals surface area contributed by atoms with Gasteiger partial charge in [-0.2, -0.15) is 13.2 Å². The molecular weight excluding hydrogens is 1210 g/mol. The highest BCUT2D eigenvalue weighted by atomic mass is 35.5. The topological polar surface area (TPSA) is 21.3 Å². The Morgan fingerprint density at radius 3 is 1.39 bits per heavy atom. The molecule has 0 aliphatic carbocycles. The third kappa shape index (κ3) is 51.8. The van der Waals surface area contributed by atoms with Crippen LogP contribution >= 0.6 is 34.7 Å². The Morgan fingerprint density at radius 1 is 0.538 bits per heavy atom. The smallest absolute Gasteiger partial charge is 0.385 e. The molecule has 0 amide bonds. The quantitative estimate of drug-likeness (QED) is 0.0726. The van der Waals surface area contributed by atoms with Crippen molar-refractivity contribution >= 4 is 40.4 Å². The summed E-state index contributed by atoms with van der Waals surface area (Å²) < 4.78 is 55.3. The van der Waals surface area contributed by atoms with Crippen LogP contribution < -0.4 is 5.32 Å². The van der Waals surface area contributed by atoms with Crippen molar-refractivity contribution in [2.24, 2.45) is 35.5 Å². The molecule has 2 nitrogen and oxygen atoms in total. The lowest BCUT2D eigenvalue weighted by atomic mass is 10.00. The Kier molecular flexibility index (Phi) is 56.3. The van der Waals surface area contributed by atoms with E-state index in [4.69, 9.17) is 16.3 Å². The van der Waals surface area contributed by atoms with E-state index in [0.717, 1.165) is 71.3 Å². The normalized spacial score (nSPS) is 10.8. The fraction of sp³-hybridized carbons (Fsp3) is 0.595. The van der Waals surface area contributed by atoms with Crippen LogP contribution in [0.1, 0.15) is 291 Å². The molecule has 0 bridgehead atoms. The molecule has 6 rings (SSSR count). The summed E-state index contributed by atoms with van der Waals surface area (Å²) in [7, 11) is 1.74. The van der Waals surface area contributed by atoms with E-state index >= 15 is 0 Å². The molecule has 0 aliphatic heterocycles. The Bertz CT molecular complexity index is 2670. The number of ether oxygens (including phenoxy) is 1. The van der Waals surface area contributed by atoms with Crippen molar-refractivity contribution in [2.45, 2.75) is 280 Å². The van der Waals surface area contributed by atoms with E-state index in [1.807, 2.05) is 43.0 Å². The minimum atomic E-state index is -4.30. The van der Waals surface area contributed by atoms with Gasteiger partial charge in [0.2, 0.25) is 0 Å². The number of halogens is 5. The molecule has 0 atom stereocenters. The standard InChI is InChI=1S/C12H18FN.C11H16S.C10H10ClF3.2C10H14.C9H14S.C7H16.C6H14O.C5H12.C4H10/c1-8(2)12-10(13)6-5-7-11(12)14-9(3)4;1-4-12-11-8-6-5-7-10(11)9(2)3;1-6(2)8-5-7(10(12,13)14)3-4-9(8)11;1-8(2)10-6-4-5-9(3)7-10;1-9(2)8-10-6-4-3-5-7-10;1-6(2)9-7(3)5-10-8(9)4;1-6(2)5-7(3)4;1-6(2)4-5-7-3;1-4-5(2)3;1-4(2)3/h5-9,14H,1-4H3;5-9H,4H2,1-3H3;3-6H,1-2H3;4-8H,1-3H3;3-7,9H,8H2,1-2H3;5-6H,1-4H3;6-7H,5H2,1-4H3;6H,4-5H2,1-3H3;5H,4H2,1-3H3;4H,1-3H3. The molecule has 0 radical (unpaired) electrons. The zero-order valence-electron chi connectivity index (χ0n) is 64.8. The maximum atomic E-state index is 13.5. The summed E-state index contributed by atoms with van der Waals surface area (Å²) in [6, 6.07) is 36.9. The molecule has 1 aromatic heterocycles. The van der Waals surface area contributed by atoms with Crippen LogP contribution in [0.4, 0.5) is 23.2 Å². The van der Waals surface area contributed by atoms with Gasteiger partial charge in [0.15, 0.2) is 0 Å². The van der Waals surface area contributed by atoms with Gasteiger partial charge in [-0.1, -0.05) is 276 Å². The molecule has 0 saturated carbocycles. The van der Waals surface area contributed by atoms with Crippen molar-refractivity contribution < 1.29 is 22.3 Å². The molecule has 532 valence electrons. The zero-order chi connectivity index (χ0) is 72.7. The molecule has 5 aromatic carbocycles. The van der Waals surface area contributed by atoms with E-state index in [2.05, 4.69) is 270 Å². The highest BCUT2D eigenvalue weighted by Crippen LogP contribution is 2.35. The number of aryl methyl sites for hydroxylation is 3. The Morgan fingerprint density at radius 2 is 1.04 bits per heavy atom. The van der Waals surface area contributed by atoms with Crippen LogP contribution in [0.5, 0.6) is 0 Å². The first kappa shape index (κ1) is 95.3. The highest BCUT2D eigenvalue weighted by Gasteiger charge is 2.31. The lowest BCUT2D eigenvalue weighted by Crippen LogP contribution is -2.12. The van der Waals surface area contributed by atoms with Crippen LogP contribution in [0.2, 0.25) is 5.02 Å². The second-order valence-corrected chi connectivity index (χ2v) is 31.4. The first-order valence-electron chi connectivity index (χ1n) is 34.9. The average Bonchev–Trinajstić information content (AvgIpc) is 1.50. The average molecular weight is 1350 g/mol. The molecule has 1 N–H and O–H groups in total. The molecule has 0 unspecified atom stereocenters.